The van der Waals surface area contributed by atoms with E-state index in [1.807, 2.05) is 0 Å². The van der Waals surface area contributed by atoms with Crippen molar-refractivity contribution in [1.29, 1.82) is 0 Å². The first-order valence-electron chi connectivity index (χ1n) is 6.13. The van der Waals surface area contributed by atoms with Crippen molar-refractivity contribution in [1.82, 2.24) is 5.32 Å². The number of carbonyl (C=O) groups excluding carboxylic acids is 1. The summed E-state index contributed by atoms with van der Waals surface area (Å²) in [6.07, 6.45) is 5.23. The normalized spacial score (nSPS) is 20.0. The second kappa shape index (κ2) is 4.39. The predicted octanol–water partition coefficient (Wildman–Crippen LogP) is 3.09. The molecule has 1 N–H and O–H groups in total. The fourth-order valence-electron chi connectivity index (χ4n) is 2.32. The number of halogens is 2. The fourth-order valence-corrected chi connectivity index (χ4v) is 2.62. The fraction of sp³-hybridized carbons (Fsp3) is 0.357. The van der Waals surface area contributed by atoms with Crippen LogP contribution in [0.1, 0.15) is 30.4 Å². The number of amides is 1. The van der Waals surface area contributed by atoms with Crippen LogP contribution >= 0.6 is 11.6 Å². The molecule has 1 saturated carbocycles. The van der Waals surface area contributed by atoms with Gasteiger partial charge in [-0.15, -0.1) is 0 Å². The van der Waals surface area contributed by atoms with E-state index in [0.717, 1.165) is 42.4 Å². The zero-order valence-electron chi connectivity index (χ0n) is 9.80. The van der Waals surface area contributed by atoms with E-state index < -0.39 is 0 Å². The van der Waals surface area contributed by atoms with E-state index in [-0.39, 0.29) is 11.7 Å². The van der Waals surface area contributed by atoms with Crippen molar-refractivity contribution in [3.8, 4) is 0 Å². The third-order valence-electron chi connectivity index (χ3n) is 3.38. The molecule has 0 unspecified atom stereocenters. The van der Waals surface area contributed by atoms with Gasteiger partial charge in [-0.25, -0.2) is 4.39 Å². The lowest BCUT2D eigenvalue weighted by molar-refractivity contribution is -0.116. The minimum Gasteiger partial charge on any atom is -0.350 e. The molecule has 18 heavy (non-hydrogen) atoms. The lowest BCUT2D eigenvalue weighted by atomic mass is 10.1. The standard InChI is InChI=1S/C14H13ClFNO/c15-13-7-9(16)6-12-8(1-4-11(12)13)5-14(18)17-10-2-3-10/h5-7,10H,1-4H2,(H,17,18)/b8-5+. The van der Waals surface area contributed by atoms with Crippen molar-refractivity contribution in [2.75, 3.05) is 0 Å². The smallest absolute Gasteiger partial charge is 0.244 e. The molecule has 0 bridgehead atoms. The van der Waals surface area contributed by atoms with Crippen LogP contribution in [0, 0.1) is 5.82 Å². The van der Waals surface area contributed by atoms with Crippen LogP contribution in [0.15, 0.2) is 18.2 Å². The van der Waals surface area contributed by atoms with Gasteiger partial charge in [0.2, 0.25) is 5.91 Å². The Morgan fingerprint density at radius 2 is 2.17 bits per heavy atom. The van der Waals surface area contributed by atoms with Gasteiger partial charge in [0.05, 0.1) is 0 Å². The van der Waals surface area contributed by atoms with E-state index in [1.54, 1.807) is 6.08 Å². The monoisotopic (exact) mass is 265 g/mol. The largest absolute Gasteiger partial charge is 0.350 e. The summed E-state index contributed by atoms with van der Waals surface area (Å²) >= 11 is 6.00. The molecule has 4 heteroatoms. The third kappa shape index (κ3) is 2.27. The van der Waals surface area contributed by atoms with Crippen LogP contribution in [-0.4, -0.2) is 11.9 Å². The van der Waals surface area contributed by atoms with E-state index in [1.165, 1.54) is 12.1 Å². The first kappa shape index (κ1) is 11.7. The molecule has 2 aliphatic rings. The Morgan fingerprint density at radius 1 is 1.39 bits per heavy atom. The van der Waals surface area contributed by atoms with Crippen molar-refractivity contribution in [3.63, 3.8) is 0 Å². The van der Waals surface area contributed by atoms with Gasteiger partial charge >= 0.3 is 0 Å². The molecule has 0 aliphatic heterocycles. The molecule has 0 aromatic heterocycles. The topological polar surface area (TPSA) is 29.1 Å². The van der Waals surface area contributed by atoms with Crippen LogP contribution in [-0.2, 0) is 11.2 Å². The highest BCUT2D eigenvalue weighted by Gasteiger charge is 2.24. The summed E-state index contributed by atoms with van der Waals surface area (Å²) in [4.78, 5) is 11.7. The van der Waals surface area contributed by atoms with Gasteiger partial charge in [0.1, 0.15) is 5.82 Å². The van der Waals surface area contributed by atoms with Crippen molar-refractivity contribution < 1.29 is 9.18 Å². The van der Waals surface area contributed by atoms with E-state index in [4.69, 9.17) is 11.6 Å². The zero-order valence-corrected chi connectivity index (χ0v) is 10.6. The highest BCUT2D eigenvalue weighted by Crippen LogP contribution is 2.37. The molecule has 1 amide bonds. The van der Waals surface area contributed by atoms with E-state index in [9.17, 15) is 9.18 Å². The van der Waals surface area contributed by atoms with E-state index in [2.05, 4.69) is 5.32 Å². The molecular weight excluding hydrogens is 253 g/mol. The first-order valence-corrected chi connectivity index (χ1v) is 6.50. The number of fused-ring (bicyclic) bond motifs is 1. The summed E-state index contributed by atoms with van der Waals surface area (Å²) in [5.74, 6) is -0.435. The Hall–Kier alpha value is -1.35. The number of rotatable bonds is 2. The summed E-state index contributed by atoms with van der Waals surface area (Å²) in [6.45, 7) is 0. The summed E-state index contributed by atoms with van der Waals surface area (Å²) in [6, 6.07) is 3.13. The second-order valence-electron chi connectivity index (χ2n) is 4.87. The van der Waals surface area contributed by atoms with Gasteiger partial charge in [0, 0.05) is 17.1 Å². The highest BCUT2D eigenvalue weighted by atomic mass is 35.5. The van der Waals surface area contributed by atoms with E-state index >= 15 is 0 Å². The molecule has 0 saturated heterocycles. The molecule has 0 spiro atoms. The summed E-state index contributed by atoms with van der Waals surface area (Å²) in [5, 5.41) is 3.35. The molecule has 0 atom stereocenters. The van der Waals surface area contributed by atoms with Gasteiger partial charge in [-0.3, -0.25) is 4.79 Å². The van der Waals surface area contributed by atoms with Gasteiger partial charge < -0.3 is 5.32 Å². The average molecular weight is 266 g/mol. The number of carbonyl (C=O) groups is 1. The van der Waals surface area contributed by atoms with Crippen molar-refractivity contribution >= 4 is 23.1 Å². The van der Waals surface area contributed by atoms with Crippen LogP contribution in [0.3, 0.4) is 0 Å². The van der Waals surface area contributed by atoms with Crippen LogP contribution < -0.4 is 5.32 Å². The number of allylic oxidation sites excluding steroid dienone is 1. The number of benzene rings is 1. The van der Waals surface area contributed by atoms with Gasteiger partial charge in [0.25, 0.3) is 0 Å². The molecular formula is C14H13ClFNO. The Balaban J connectivity index is 1.88. The lowest BCUT2D eigenvalue weighted by Crippen LogP contribution is -2.23. The average Bonchev–Trinajstić information content (AvgIpc) is 3.01. The highest BCUT2D eigenvalue weighted by molar-refractivity contribution is 6.31. The van der Waals surface area contributed by atoms with Gasteiger partial charge in [-0.05, 0) is 54.5 Å². The molecule has 94 valence electrons. The molecule has 0 heterocycles. The third-order valence-corrected chi connectivity index (χ3v) is 3.72. The maximum Gasteiger partial charge on any atom is 0.244 e. The summed E-state index contributed by atoms with van der Waals surface area (Å²) in [5.41, 5.74) is 2.61. The second-order valence-corrected chi connectivity index (χ2v) is 5.27. The molecule has 2 nitrogen and oxygen atoms in total. The van der Waals surface area contributed by atoms with Crippen LogP contribution in [0.25, 0.3) is 5.57 Å². The first-order chi connectivity index (χ1) is 8.63. The Bertz CT molecular complexity index is 549. The molecule has 1 aromatic rings. The maximum atomic E-state index is 13.3. The van der Waals surface area contributed by atoms with Crippen molar-refractivity contribution in [2.45, 2.75) is 31.7 Å². The minimum atomic E-state index is -0.353. The number of nitrogens with one attached hydrogen (secondary N) is 1. The minimum absolute atomic E-state index is 0.0827. The van der Waals surface area contributed by atoms with Gasteiger partial charge in [0.15, 0.2) is 0 Å². The van der Waals surface area contributed by atoms with Crippen LogP contribution in [0.5, 0.6) is 0 Å². The summed E-state index contributed by atoms with van der Waals surface area (Å²) in [7, 11) is 0. The van der Waals surface area contributed by atoms with Crippen molar-refractivity contribution in [3.05, 3.63) is 40.2 Å². The number of hydrogen-bond acceptors (Lipinski definition) is 1. The predicted molar refractivity (Wildman–Crippen MR) is 68.9 cm³/mol. The van der Waals surface area contributed by atoms with Crippen molar-refractivity contribution in [2.24, 2.45) is 0 Å². The molecule has 2 aliphatic carbocycles. The zero-order chi connectivity index (χ0) is 12.7. The molecule has 1 aromatic carbocycles. The lowest BCUT2D eigenvalue weighted by Gasteiger charge is -2.04. The summed E-state index contributed by atoms with van der Waals surface area (Å²) < 4.78 is 13.3. The van der Waals surface area contributed by atoms with Crippen LogP contribution in [0.2, 0.25) is 5.02 Å². The van der Waals surface area contributed by atoms with Gasteiger partial charge in [-0.2, -0.15) is 0 Å². The molecule has 1 fully saturated rings. The SMILES string of the molecule is O=C(/C=C1\CCc2c(Cl)cc(F)cc21)NC1CC1. The quantitative estimate of drug-likeness (QED) is 0.818. The van der Waals surface area contributed by atoms with Crippen LogP contribution in [0.4, 0.5) is 4.39 Å². The molecule has 0 radical (unpaired) electrons. The number of hydrogen-bond donors (Lipinski definition) is 1. The van der Waals surface area contributed by atoms with Gasteiger partial charge in [-0.1, -0.05) is 11.6 Å². The Labute approximate surface area is 110 Å². The maximum absolute atomic E-state index is 13.3. The Kier molecular flexibility index (Phi) is 2.86. The van der Waals surface area contributed by atoms with E-state index in [0.29, 0.717) is 11.1 Å². The Morgan fingerprint density at radius 3 is 2.89 bits per heavy atom. The molecule has 3 rings (SSSR count).